The normalized spacial score (nSPS) is 15.1. The van der Waals surface area contributed by atoms with Crippen molar-refractivity contribution >= 4 is 5.91 Å². The first kappa shape index (κ1) is 21.2. The number of hydrogen-bond acceptors (Lipinski definition) is 4. The van der Waals surface area contributed by atoms with Gasteiger partial charge in [0.05, 0.1) is 14.2 Å². The molecule has 0 aliphatic carbocycles. The molecule has 1 N–H and O–H groups in total. The van der Waals surface area contributed by atoms with Crippen LogP contribution in [-0.4, -0.2) is 44.7 Å². The predicted molar refractivity (Wildman–Crippen MR) is 115 cm³/mol. The van der Waals surface area contributed by atoms with Crippen LogP contribution in [0.3, 0.4) is 0 Å². The van der Waals surface area contributed by atoms with E-state index in [4.69, 9.17) is 9.47 Å². The van der Waals surface area contributed by atoms with Gasteiger partial charge in [-0.15, -0.1) is 0 Å². The number of nitrogens with zero attached hydrogens (tertiary/aromatic N) is 1. The number of piperidine rings is 1. The van der Waals surface area contributed by atoms with E-state index in [-0.39, 0.29) is 5.91 Å². The summed E-state index contributed by atoms with van der Waals surface area (Å²) in [7, 11) is 3.26. The summed E-state index contributed by atoms with van der Waals surface area (Å²) in [6, 6.07) is 16.5. The molecule has 0 bridgehead atoms. The number of carbonyl (C=O) groups excluding carboxylic acids is 1. The third-order valence-corrected chi connectivity index (χ3v) is 5.61. The van der Waals surface area contributed by atoms with Crippen LogP contribution in [0, 0.1) is 5.92 Å². The first-order valence-electron chi connectivity index (χ1n) is 10.4. The van der Waals surface area contributed by atoms with Crippen LogP contribution in [0.1, 0.15) is 30.4 Å². The Kier molecular flexibility index (Phi) is 7.94. The lowest BCUT2D eigenvalue weighted by molar-refractivity contribution is -0.122. The van der Waals surface area contributed by atoms with Gasteiger partial charge in [0.15, 0.2) is 11.5 Å². The van der Waals surface area contributed by atoms with Crippen molar-refractivity contribution in [3.63, 3.8) is 0 Å². The maximum absolute atomic E-state index is 12.3. The molecule has 0 radical (unpaired) electrons. The molecule has 0 unspecified atom stereocenters. The fourth-order valence-electron chi connectivity index (χ4n) is 3.91. The minimum absolute atomic E-state index is 0.159. The van der Waals surface area contributed by atoms with Crippen molar-refractivity contribution in [2.24, 2.45) is 5.92 Å². The van der Waals surface area contributed by atoms with Crippen molar-refractivity contribution in [2.75, 3.05) is 33.9 Å². The van der Waals surface area contributed by atoms with Gasteiger partial charge in [-0.05, 0) is 61.5 Å². The van der Waals surface area contributed by atoms with E-state index in [1.54, 1.807) is 14.2 Å². The Hall–Kier alpha value is -2.53. The Morgan fingerprint density at radius 1 is 1.00 bits per heavy atom. The average Bonchev–Trinajstić information content (AvgIpc) is 2.75. The fourth-order valence-corrected chi connectivity index (χ4v) is 3.91. The van der Waals surface area contributed by atoms with E-state index in [0.29, 0.717) is 18.9 Å². The summed E-state index contributed by atoms with van der Waals surface area (Å²) in [6.07, 6.45) is 3.60. The molecule has 1 aliphatic rings. The largest absolute Gasteiger partial charge is 0.493 e. The van der Waals surface area contributed by atoms with Crippen molar-refractivity contribution in [1.82, 2.24) is 10.2 Å². The van der Waals surface area contributed by atoms with Crippen LogP contribution in [0.25, 0.3) is 0 Å². The van der Waals surface area contributed by atoms with Gasteiger partial charge in [0.2, 0.25) is 5.91 Å². The SMILES string of the molecule is COc1ccc(CCNC(=O)CC2CCN(Cc3ccccc3)CC2)cc1OC. The molecule has 5 heteroatoms. The summed E-state index contributed by atoms with van der Waals surface area (Å²) in [5.41, 5.74) is 2.48. The van der Waals surface area contributed by atoms with Crippen LogP contribution >= 0.6 is 0 Å². The van der Waals surface area contributed by atoms with Gasteiger partial charge in [0.25, 0.3) is 0 Å². The highest BCUT2D eigenvalue weighted by atomic mass is 16.5. The van der Waals surface area contributed by atoms with Gasteiger partial charge < -0.3 is 14.8 Å². The molecule has 0 saturated carbocycles. The highest BCUT2D eigenvalue weighted by molar-refractivity contribution is 5.76. The third kappa shape index (κ3) is 6.50. The molecule has 0 spiro atoms. The number of methoxy groups -OCH3 is 2. The van der Waals surface area contributed by atoms with Gasteiger partial charge in [0.1, 0.15) is 0 Å². The number of hydrogen-bond donors (Lipinski definition) is 1. The second-order valence-corrected chi connectivity index (χ2v) is 7.70. The zero-order valence-electron chi connectivity index (χ0n) is 17.5. The smallest absolute Gasteiger partial charge is 0.220 e. The Bertz CT molecular complexity index is 771. The van der Waals surface area contributed by atoms with Gasteiger partial charge in [-0.2, -0.15) is 0 Å². The average molecular weight is 397 g/mol. The number of amides is 1. The van der Waals surface area contributed by atoms with Crippen molar-refractivity contribution in [3.8, 4) is 11.5 Å². The third-order valence-electron chi connectivity index (χ3n) is 5.61. The molecule has 1 fully saturated rings. The molecule has 3 rings (SSSR count). The van der Waals surface area contributed by atoms with E-state index >= 15 is 0 Å². The van der Waals surface area contributed by atoms with E-state index in [2.05, 4.69) is 40.5 Å². The molecule has 5 nitrogen and oxygen atoms in total. The molecule has 0 atom stereocenters. The standard InChI is InChI=1S/C24H32N2O3/c1-28-22-9-8-19(16-23(22)29-2)10-13-25-24(27)17-20-11-14-26(15-12-20)18-21-6-4-3-5-7-21/h3-9,16,20H,10-15,17-18H2,1-2H3,(H,25,27). The molecular weight excluding hydrogens is 364 g/mol. The van der Waals surface area contributed by atoms with Gasteiger partial charge in [0, 0.05) is 19.5 Å². The summed E-state index contributed by atoms with van der Waals surface area (Å²) in [5, 5.41) is 3.07. The Labute approximate surface area is 174 Å². The van der Waals surface area contributed by atoms with Crippen LogP contribution in [0.2, 0.25) is 0 Å². The minimum Gasteiger partial charge on any atom is -0.493 e. The van der Waals surface area contributed by atoms with E-state index in [9.17, 15) is 4.79 Å². The molecule has 1 aliphatic heterocycles. The predicted octanol–water partition coefficient (Wildman–Crippen LogP) is 3.66. The molecule has 1 amide bonds. The zero-order chi connectivity index (χ0) is 20.5. The Balaban J connectivity index is 1.35. The lowest BCUT2D eigenvalue weighted by Gasteiger charge is -2.31. The summed E-state index contributed by atoms with van der Waals surface area (Å²) >= 11 is 0. The summed E-state index contributed by atoms with van der Waals surface area (Å²) in [6.45, 7) is 3.78. The Morgan fingerprint density at radius 2 is 1.72 bits per heavy atom. The minimum atomic E-state index is 0.159. The van der Waals surface area contributed by atoms with Crippen LogP contribution in [0.15, 0.2) is 48.5 Å². The van der Waals surface area contributed by atoms with Crippen LogP contribution in [0.4, 0.5) is 0 Å². The van der Waals surface area contributed by atoms with E-state index in [1.165, 1.54) is 5.56 Å². The number of nitrogens with one attached hydrogen (secondary N) is 1. The van der Waals surface area contributed by atoms with Gasteiger partial charge in [-0.25, -0.2) is 0 Å². The first-order chi connectivity index (χ1) is 14.2. The molecule has 29 heavy (non-hydrogen) atoms. The summed E-state index contributed by atoms with van der Waals surface area (Å²) in [4.78, 5) is 14.8. The van der Waals surface area contributed by atoms with Crippen molar-refractivity contribution < 1.29 is 14.3 Å². The first-order valence-corrected chi connectivity index (χ1v) is 10.4. The maximum atomic E-state index is 12.3. The fraction of sp³-hybridized carbons (Fsp3) is 0.458. The summed E-state index contributed by atoms with van der Waals surface area (Å²) in [5.74, 6) is 2.09. The zero-order valence-corrected chi connectivity index (χ0v) is 17.5. The van der Waals surface area contributed by atoms with Crippen molar-refractivity contribution in [2.45, 2.75) is 32.2 Å². The molecule has 156 valence electrons. The quantitative estimate of drug-likeness (QED) is 0.703. The number of rotatable bonds is 9. The topological polar surface area (TPSA) is 50.8 Å². The van der Waals surface area contributed by atoms with Crippen molar-refractivity contribution in [3.05, 3.63) is 59.7 Å². The van der Waals surface area contributed by atoms with Crippen LogP contribution in [-0.2, 0) is 17.8 Å². The molecular formula is C24H32N2O3. The second-order valence-electron chi connectivity index (χ2n) is 7.70. The lowest BCUT2D eigenvalue weighted by Crippen LogP contribution is -2.35. The Morgan fingerprint density at radius 3 is 2.41 bits per heavy atom. The van der Waals surface area contributed by atoms with E-state index < -0.39 is 0 Å². The monoisotopic (exact) mass is 396 g/mol. The molecule has 0 aromatic heterocycles. The lowest BCUT2D eigenvalue weighted by atomic mass is 9.93. The van der Waals surface area contributed by atoms with Gasteiger partial charge in [-0.1, -0.05) is 36.4 Å². The number of likely N-dealkylation sites (tertiary alicyclic amines) is 1. The molecule has 2 aromatic rings. The molecule has 1 saturated heterocycles. The second kappa shape index (κ2) is 10.9. The number of ether oxygens (including phenoxy) is 2. The van der Waals surface area contributed by atoms with Crippen LogP contribution in [0.5, 0.6) is 11.5 Å². The molecule has 2 aromatic carbocycles. The van der Waals surface area contributed by atoms with E-state index in [0.717, 1.165) is 56.0 Å². The highest BCUT2D eigenvalue weighted by Gasteiger charge is 2.21. The maximum Gasteiger partial charge on any atom is 0.220 e. The molecule has 1 heterocycles. The van der Waals surface area contributed by atoms with Gasteiger partial charge in [-0.3, -0.25) is 9.69 Å². The van der Waals surface area contributed by atoms with Crippen LogP contribution < -0.4 is 14.8 Å². The van der Waals surface area contributed by atoms with Crippen molar-refractivity contribution in [1.29, 1.82) is 0 Å². The van der Waals surface area contributed by atoms with Gasteiger partial charge >= 0.3 is 0 Å². The highest BCUT2D eigenvalue weighted by Crippen LogP contribution is 2.27. The summed E-state index contributed by atoms with van der Waals surface area (Å²) < 4.78 is 10.6. The number of benzene rings is 2. The van der Waals surface area contributed by atoms with E-state index in [1.807, 2.05) is 18.2 Å². The number of carbonyl (C=O) groups is 1.